The van der Waals surface area contributed by atoms with E-state index in [1.165, 1.54) is 16.7 Å². The summed E-state index contributed by atoms with van der Waals surface area (Å²) in [4.78, 5) is 4.19. The van der Waals surface area contributed by atoms with Crippen LogP contribution in [0.5, 0.6) is 0 Å². The Morgan fingerprint density at radius 1 is 1.40 bits per heavy atom. The summed E-state index contributed by atoms with van der Waals surface area (Å²) < 4.78 is 5.21. The number of rotatable bonds is 4. The molecule has 0 bridgehead atoms. The molecular formula is C16H19N3O. The van der Waals surface area contributed by atoms with E-state index in [9.17, 15) is 0 Å². The quantitative estimate of drug-likeness (QED) is 0.896. The molecule has 0 saturated heterocycles. The maximum Gasteiger partial charge on any atom is 0.188 e. The number of aryl methyl sites for hydroxylation is 1. The summed E-state index contributed by atoms with van der Waals surface area (Å²) in [5.74, 6) is 0.565. The van der Waals surface area contributed by atoms with Gasteiger partial charge in [0.1, 0.15) is 0 Å². The molecule has 0 amide bonds. The second-order valence-electron chi connectivity index (χ2n) is 5.22. The number of nitrogens with zero attached hydrogens (tertiary/aromatic N) is 1. The molecule has 0 radical (unpaired) electrons. The lowest BCUT2D eigenvalue weighted by atomic mass is 9.93. The summed E-state index contributed by atoms with van der Waals surface area (Å²) >= 11 is 0. The number of guanidine groups is 1. The molecule has 1 aromatic carbocycles. The lowest BCUT2D eigenvalue weighted by molar-refractivity contribution is 0.568. The lowest BCUT2D eigenvalue weighted by Gasteiger charge is -2.15. The number of benzene rings is 1. The summed E-state index contributed by atoms with van der Waals surface area (Å²) in [5.41, 5.74) is 10.7. The lowest BCUT2D eigenvalue weighted by Crippen LogP contribution is -2.35. The van der Waals surface area contributed by atoms with Crippen molar-refractivity contribution in [1.29, 1.82) is 0 Å². The average Bonchev–Trinajstić information content (AvgIpc) is 3.08. The van der Waals surface area contributed by atoms with Crippen LogP contribution in [0.2, 0.25) is 0 Å². The van der Waals surface area contributed by atoms with Crippen molar-refractivity contribution in [3.8, 4) is 11.1 Å². The van der Waals surface area contributed by atoms with E-state index in [-0.39, 0.29) is 0 Å². The maximum absolute atomic E-state index is 5.66. The fourth-order valence-corrected chi connectivity index (χ4v) is 2.71. The molecule has 1 aromatic heterocycles. The first-order chi connectivity index (χ1) is 9.74. The van der Waals surface area contributed by atoms with Crippen LogP contribution >= 0.6 is 0 Å². The van der Waals surface area contributed by atoms with Gasteiger partial charge in [-0.05, 0) is 42.5 Å². The van der Waals surface area contributed by atoms with Gasteiger partial charge in [-0.3, -0.25) is 4.99 Å². The molecule has 1 unspecified atom stereocenters. The zero-order chi connectivity index (χ0) is 13.9. The molecule has 20 heavy (non-hydrogen) atoms. The molecule has 104 valence electrons. The van der Waals surface area contributed by atoms with Crippen molar-refractivity contribution in [2.24, 2.45) is 10.7 Å². The van der Waals surface area contributed by atoms with Crippen molar-refractivity contribution in [2.45, 2.75) is 25.8 Å². The SMILES string of the molecule is Cc1cccc(-c2ccoc2)c1CCC1CN=C(N)N1. The Labute approximate surface area is 118 Å². The summed E-state index contributed by atoms with van der Waals surface area (Å²) in [6.07, 6.45) is 5.55. The van der Waals surface area contributed by atoms with Crippen molar-refractivity contribution < 1.29 is 4.42 Å². The zero-order valence-electron chi connectivity index (χ0n) is 11.6. The summed E-state index contributed by atoms with van der Waals surface area (Å²) in [6.45, 7) is 2.94. The van der Waals surface area contributed by atoms with Gasteiger partial charge in [-0.2, -0.15) is 0 Å². The van der Waals surface area contributed by atoms with Crippen molar-refractivity contribution >= 4 is 5.96 Å². The van der Waals surface area contributed by atoms with E-state index in [1.807, 2.05) is 6.07 Å². The maximum atomic E-state index is 5.66. The number of nitrogens with two attached hydrogens (primary N) is 1. The van der Waals surface area contributed by atoms with Gasteiger partial charge >= 0.3 is 0 Å². The Morgan fingerprint density at radius 2 is 2.30 bits per heavy atom. The molecule has 3 rings (SSSR count). The zero-order valence-corrected chi connectivity index (χ0v) is 11.6. The van der Waals surface area contributed by atoms with Crippen molar-refractivity contribution in [3.05, 3.63) is 47.9 Å². The van der Waals surface area contributed by atoms with Crippen LogP contribution in [-0.2, 0) is 6.42 Å². The van der Waals surface area contributed by atoms with Crippen LogP contribution < -0.4 is 11.1 Å². The van der Waals surface area contributed by atoms with Crippen LogP contribution in [0, 0.1) is 6.92 Å². The fourth-order valence-electron chi connectivity index (χ4n) is 2.71. The number of nitrogens with one attached hydrogen (secondary N) is 1. The van der Waals surface area contributed by atoms with E-state index in [2.05, 4.69) is 35.4 Å². The molecule has 0 spiro atoms. The highest BCUT2D eigenvalue weighted by Crippen LogP contribution is 2.28. The molecule has 0 fully saturated rings. The fraction of sp³-hybridized carbons (Fsp3) is 0.312. The van der Waals surface area contributed by atoms with Gasteiger partial charge in [-0.25, -0.2) is 0 Å². The third-order valence-corrected chi connectivity index (χ3v) is 3.82. The highest BCUT2D eigenvalue weighted by atomic mass is 16.3. The largest absolute Gasteiger partial charge is 0.472 e. The Bertz CT molecular complexity index is 617. The normalized spacial score (nSPS) is 17.9. The summed E-state index contributed by atoms with van der Waals surface area (Å²) in [7, 11) is 0. The number of hydrogen-bond acceptors (Lipinski definition) is 4. The number of aliphatic imine (C=N–C) groups is 1. The molecule has 0 aliphatic carbocycles. The monoisotopic (exact) mass is 269 g/mol. The molecule has 2 aromatic rings. The summed E-state index contributed by atoms with van der Waals surface area (Å²) in [6, 6.07) is 8.77. The van der Waals surface area contributed by atoms with Gasteiger partial charge < -0.3 is 15.5 Å². The van der Waals surface area contributed by atoms with Gasteiger partial charge in [-0.1, -0.05) is 18.2 Å². The van der Waals surface area contributed by atoms with Gasteiger partial charge in [0.15, 0.2) is 5.96 Å². The minimum atomic E-state index is 0.354. The second-order valence-corrected chi connectivity index (χ2v) is 5.22. The molecule has 1 aliphatic rings. The predicted molar refractivity (Wildman–Crippen MR) is 80.6 cm³/mol. The Morgan fingerprint density at radius 3 is 3.00 bits per heavy atom. The second kappa shape index (κ2) is 5.41. The standard InChI is InChI=1S/C16H19N3O/c1-11-3-2-4-15(12-7-8-20-10-12)14(11)6-5-13-9-18-16(17)19-13/h2-4,7-8,10,13H,5-6,9H2,1H3,(H3,17,18,19). The van der Waals surface area contributed by atoms with Crippen LogP contribution in [0.15, 0.2) is 46.2 Å². The van der Waals surface area contributed by atoms with E-state index >= 15 is 0 Å². The average molecular weight is 269 g/mol. The highest BCUT2D eigenvalue weighted by molar-refractivity contribution is 5.79. The number of furan rings is 1. The van der Waals surface area contributed by atoms with Crippen LogP contribution in [0.4, 0.5) is 0 Å². The molecule has 3 N–H and O–H groups in total. The van der Waals surface area contributed by atoms with Gasteiger partial charge in [0.05, 0.1) is 19.1 Å². The van der Waals surface area contributed by atoms with Crippen molar-refractivity contribution in [3.63, 3.8) is 0 Å². The van der Waals surface area contributed by atoms with Crippen LogP contribution in [0.3, 0.4) is 0 Å². The van der Waals surface area contributed by atoms with Gasteiger partial charge in [0, 0.05) is 11.6 Å². The number of hydrogen-bond donors (Lipinski definition) is 2. The van der Waals surface area contributed by atoms with E-state index in [4.69, 9.17) is 10.2 Å². The Hall–Kier alpha value is -2.23. The Balaban J connectivity index is 1.78. The van der Waals surface area contributed by atoms with E-state index in [0.717, 1.165) is 24.9 Å². The molecule has 2 heterocycles. The van der Waals surface area contributed by atoms with Gasteiger partial charge in [0.2, 0.25) is 0 Å². The molecule has 4 heteroatoms. The molecule has 1 aliphatic heterocycles. The van der Waals surface area contributed by atoms with Crippen LogP contribution in [0.1, 0.15) is 17.5 Å². The topological polar surface area (TPSA) is 63.5 Å². The van der Waals surface area contributed by atoms with Crippen LogP contribution in [0.25, 0.3) is 11.1 Å². The van der Waals surface area contributed by atoms with Crippen molar-refractivity contribution in [2.75, 3.05) is 6.54 Å². The van der Waals surface area contributed by atoms with E-state index < -0.39 is 0 Å². The third-order valence-electron chi connectivity index (χ3n) is 3.82. The van der Waals surface area contributed by atoms with Crippen LogP contribution in [-0.4, -0.2) is 18.5 Å². The first-order valence-corrected chi connectivity index (χ1v) is 6.91. The molecule has 1 atom stereocenters. The smallest absolute Gasteiger partial charge is 0.188 e. The first kappa shape index (κ1) is 12.8. The van der Waals surface area contributed by atoms with E-state index in [0.29, 0.717) is 12.0 Å². The third kappa shape index (κ3) is 2.54. The molecule has 4 nitrogen and oxygen atoms in total. The minimum absolute atomic E-state index is 0.354. The molecular weight excluding hydrogens is 250 g/mol. The first-order valence-electron chi connectivity index (χ1n) is 6.91. The summed E-state index contributed by atoms with van der Waals surface area (Å²) in [5, 5.41) is 3.21. The highest BCUT2D eigenvalue weighted by Gasteiger charge is 2.16. The Kier molecular flexibility index (Phi) is 3.46. The van der Waals surface area contributed by atoms with Gasteiger partial charge in [0.25, 0.3) is 0 Å². The van der Waals surface area contributed by atoms with Gasteiger partial charge in [-0.15, -0.1) is 0 Å². The molecule has 0 saturated carbocycles. The predicted octanol–water partition coefficient (Wildman–Crippen LogP) is 2.47. The van der Waals surface area contributed by atoms with E-state index in [1.54, 1.807) is 12.5 Å². The minimum Gasteiger partial charge on any atom is -0.472 e. The van der Waals surface area contributed by atoms with Crippen molar-refractivity contribution in [1.82, 2.24) is 5.32 Å².